The highest BCUT2D eigenvalue weighted by Crippen LogP contribution is 2.64. The highest BCUT2D eigenvalue weighted by Gasteiger charge is 2.95. The second-order valence-corrected chi connectivity index (χ2v) is 5.32. The number of halogens is 17. The normalized spacial score (nSPS) is 15.9. The van der Waals surface area contributed by atoms with Gasteiger partial charge in [0.2, 0.25) is 0 Å². The number of carbonyl (C=O) groups excluding carboxylic acids is 1. The lowest BCUT2D eigenvalue weighted by Crippen LogP contribution is -2.74. The number of rotatable bonds is 8. The van der Waals surface area contributed by atoms with Crippen molar-refractivity contribution in [3.63, 3.8) is 0 Å². The van der Waals surface area contributed by atoms with Crippen molar-refractivity contribution in [3.8, 4) is 0 Å². The molecule has 0 aromatic carbocycles. The summed E-state index contributed by atoms with van der Waals surface area (Å²) in [5, 5.41) is 0. The SMILES string of the molecule is [B]OC(=O)CC(F)(F)C(F)(F)C(F)(F)C(F)(F)C(F)(F)C(F)(F)C(F)(F)C(F)(F)F. The van der Waals surface area contributed by atoms with Crippen LogP contribution in [-0.4, -0.2) is 61.7 Å². The zero-order valence-corrected chi connectivity index (χ0v) is 13.0. The Morgan fingerprint density at radius 1 is 0.533 bits per heavy atom. The van der Waals surface area contributed by atoms with Crippen LogP contribution in [0.5, 0.6) is 0 Å². The monoisotopic (exact) mass is 488 g/mol. The maximum absolute atomic E-state index is 13.2. The van der Waals surface area contributed by atoms with Gasteiger partial charge in [0, 0.05) is 0 Å². The quantitative estimate of drug-likeness (QED) is 0.355. The molecule has 0 N–H and O–H groups in total. The predicted octanol–water partition coefficient (Wildman–Crippen LogP) is 5.01. The van der Waals surface area contributed by atoms with E-state index in [-0.39, 0.29) is 0 Å². The summed E-state index contributed by atoms with van der Waals surface area (Å²) in [5.41, 5.74) is 0. The first-order chi connectivity index (χ1) is 12.7. The van der Waals surface area contributed by atoms with Gasteiger partial charge < -0.3 is 4.65 Å². The Labute approximate surface area is 153 Å². The highest BCUT2D eigenvalue weighted by atomic mass is 19.4. The van der Waals surface area contributed by atoms with Gasteiger partial charge in [-0.3, -0.25) is 4.79 Å². The van der Waals surface area contributed by atoms with Crippen molar-refractivity contribution >= 4 is 14.0 Å². The Bertz CT molecular complexity index is 651. The lowest BCUT2D eigenvalue weighted by Gasteiger charge is -2.42. The fourth-order valence-electron chi connectivity index (χ4n) is 1.53. The topological polar surface area (TPSA) is 26.3 Å². The van der Waals surface area contributed by atoms with E-state index in [0.717, 1.165) is 0 Å². The molecule has 176 valence electrons. The molecule has 2 radical (unpaired) electrons. The Balaban J connectivity index is 6.66. The second-order valence-electron chi connectivity index (χ2n) is 5.32. The first-order valence-electron chi connectivity index (χ1n) is 6.31. The fraction of sp³-hybridized carbons (Fsp3) is 0.900. The minimum Gasteiger partial charge on any atom is -0.543 e. The van der Waals surface area contributed by atoms with Crippen LogP contribution in [0.1, 0.15) is 6.42 Å². The van der Waals surface area contributed by atoms with Crippen LogP contribution >= 0.6 is 0 Å². The van der Waals surface area contributed by atoms with Crippen LogP contribution in [0.15, 0.2) is 0 Å². The van der Waals surface area contributed by atoms with E-state index < -0.39 is 60.0 Å². The van der Waals surface area contributed by atoms with Crippen LogP contribution in [0.2, 0.25) is 0 Å². The van der Waals surface area contributed by atoms with Crippen molar-refractivity contribution in [3.05, 3.63) is 0 Å². The van der Waals surface area contributed by atoms with Gasteiger partial charge in [-0.15, -0.1) is 0 Å². The van der Waals surface area contributed by atoms with Crippen molar-refractivity contribution in [2.45, 2.75) is 54.1 Å². The standard InChI is InChI=1S/C10H2BF17O2/c11-30-2(29)1-3(12,13)4(14,15)5(16,17)6(18,19)7(20,21)8(22,23)9(24,25)10(26,27)28/h1H2. The maximum Gasteiger partial charge on any atom is 0.460 e. The third-order valence-corrected chi connectivity index (χ3v) is 3.28. The Morgan fingerprint density at radius 2 is 0.800 bits per heavy atom. The molecule has 2 nitrogen and oxygen atoms in total. The smallest absolute Gasteiger partial charge is 0.460 e. The molecule has 0 unspecified atom stereocenters. The summed E-state index contributed by atoms with van der Waals surface area (Å²) < 4.78 is 221. The molecule has 0 bridgehead atoms. The van der Waals surface area contributed by atoms with Gasteiger partial charge >= 0.3 is 55.7 Å². The summed E-state index contributed by atoms with van der Waals surface area (Å²) in [5.74, 6) is -60.2. The average molecular weight is 488 g/mol. The van der Waals surface area contributed by atoms with Crippen LogP contribution in [0.3, 0.4) is 0 Å². The van der Waals surface area contributed by atoms with Gasteiger partial charge in [0.1, 0.15) is 6.42 Å². The number of carbonyl (C=O) groups is 1. The zero-order chi connectivity index (χ0) is 25.0. The number of hydrogen-bond donors (Lipinski definition) is 0. The predicted molar refractivity (Wildman–Crippen MR) is 57.1 cm³/mol. The van der Waals surface area contributed by atoms with E-state index in [1.807, 2.05) is 0 Å². The summed E-state index contributed by atoms with van der Waals surface area (Å²) in [4.78, 5) is 10.4. The summed E-state index contributed by atoms with van der Waals surface area (Å²) in [6, 6.07) is 0. The van der Waals surface area contributed by atoms with E-state index in [4.69, 9.17) is 0 Å². The minimum absolute atomic E-state index is 2.76. The molecule has 0 aromatic heterocycles. The van der Waals surface area contributed by atoms with E-state index in [9.17, 15) is 79.4 Å². The first kappa shape index (κ1) is 28.3. The largest absolute Gasteiger partial charge is 0.543 e. The van der Waals surface area contributed by atoms with Gasteiger partial charge in [0.25, 0.3) is 5.97 Å². The van der Waals surface area contributed by atoms with Crippen LogP contribution < -0.4 is 0 Å². The minimum atomic E-state index is -8.71. The van der Waals surface area contributed by atoms with Crippen LogP contribution in [-0.2, 0) is 9.45 Å². The van der Waals surface area contributed by atoms with Crippen molar-refractivity contribution in [1.82, 2.24) is 0 Å². The van der Waals surface area contributed by atoms with Gasteiger partial charge in [0.05, 0.1) is 0 Å². The molecule has 0 aliphatic rings. The van der Waals surface area contributed by atoms with Gasteiger partial charge in [-0.1, -0.05) is 0 Å². The molecule has 0 atom stereocenters. The van der Waals surface area contributed by atoms with Gasteiger partial charge in [-0.05, 0) is 0 Å². The second kappa shape index (κ2) is 7.20. The molecule has 0 aliphatic heterocycles. The summed E-state index contributed by atoms with van der Waals surface area (Å²) >= 11 is 0. The zero-order valence-electron chi connectivity index (χ0n) is 13.0. The van der Waals surface area contributed by atoms with Gasteiger partial charge in [-0.25, -0.2) is 0 Å². The van der Waals surface area contributed by atoms with E-state index in [0.29, 0.717) is 0 Å². The molecule has 30 heavy (non-hydrogen) atoms. The average Bonchev–Trinajstić information content (AvgIpc) is 2.51. The van der Waals surface area contributed by atoms with Gasteiger partial charge in [-0.2, -0.15) is 74.6 Å². The summed E-state index contributed by atoms with van der Waals surface area (Å²) in [6.45, 7) is 0. The molecule has 0 amide bonds. The van der Waals surface area contributed by atoms with Gasteiger partial charge in [0.15, 0.2) is 0 Å². The van der Waals surface area contributed by atoms with Crippen LogP contribution in [0.4, 0.5) is 74.6 Å². The van der Waals surface area contributed by atoms with E-state index in [2.05, 4.69) is 12.7 Å². The molecule has 0 saturated heterocycles. The Kier molecular flexibility index (Phi) is 6.80. The highest BCUT2D eigenvalue weighted by molar-refractivity contribution is 6.05. The maximum atomic E-state index is 13.2. The molecule has 0 rings (SSSR count). The lowest BCUT2D eigenvalue weighted by molar-refractivity contribution is -0.461. The number of hydrogen-bond acceptors (Lipinski definition) is 2. The summed E-state index contributed by atoms with van der Waals surface area (Å²) in [6.07, 6.45) is -11.2. The van der Waals surface area contributed by atoms with Crippen LogP contribution in [0, 0.1) is 0 Å². The van der Waals surface area contributed by atoms with E-state index in [1.165, 1.54) is 0 Å². The molecule has 20 heteroatoms. The number of alkyl halides is 17. The Hall–Kier alpha value is -1.66. The molecule has 0 aliphatic carbocycles. The van der Waals surface area contributed by atoms with E-state index >= 15 is 0 Å². The van der Waals surface area contributed by atoms with Crippen molar-refractivity contribution < 1.29 is 84.1 Å². The first-order valence-corrected chi connectivity index (χ1v) is 6.31. The molecule has 0 fully saturated rings. The molecule has 0 heterocycles. The van der Waals surface area contributed by atoms with E-state index in [1.54, 1.807) is 0 Å². The van der Waals surface area contributed by atoms with Crippen molar-refractivity contribution in [2.75, 3.05) is 0 Å². The molecular formula is C10H2BF17O2. The fourth-order valence-corrected chi connectivity index (χ4v) is 1.53. The van der Waals surface area contributed by atoms with Crippen molar-refractivity contribution in [2.24, 2.45) is 0 Å². The third-order valence-electron chi connectivity index (χ3n) is 3.28. The van der Waals surface area contributed by atoms with Crippen LogP contribution in [0.25, 0.3) is 0 Å². The molecule has 0 spiro atoms. The molecule has 0 aromatic rings. The Morgan fingerprint density at radius 3 is 1.07 bits per heavy atom. The summed E-state index contributed by atoms with van der Waals surface area (Å²) in [7, 11) is 3.86. The molecule has 0 saturated carbocycles. The molecular weight excluding hydrogens is 486 g/mol. The van der Waals surface area contributed by atoms with Crippen molar-refractivity contribution in [1.29, 1.82) is 0 Å². The lowest BCUT2D eigenvalue weighted by atomic mass is 9.88. The third kappa shape index (κ3) is 3.62.